The molecule has 0 fully saturated rings. The van der Waals surface area contributed by atoms with E-state index in [1.54, 1.807) is 6.20 Å². The van der Waals surface area contributed by atoms with Crippen molar-refractivity contribution < 1.29 is 9.53 Å². The van der Waals surface area contributed by atoms with Crippen molar-refractivity contribution in [2.24, 2.45) is 0 Å². The summed E-state index contributed by atoms with van der Waals surface area (Å²) in [5.74, 6) is 1.89. The van der Waals surface area contributed by atoms with Crippen LogP contribution in [0.2, 0.25) is 0 Å². The summed E-state index contributed by atoms with van der Waals surface area (Å²) in [5.41, 5.74) is 12.1. The molecule has 0 spiro atoms. The smallest absolute Gasteiger partial charge is 0.251 e. The van der Waals surface area contributed by atoms with Gasteiger partial charge in [0, 0.05) is 23.9 Å². The monoisotopic (exact) mass is 490 g/mol. The molecular weight excluding hydrogens is 464 g/mol. The Morgan fingerprint density at radius 1 is 1.05 bits per heavy atom. The number of carbonyl (C=O) groups excluding carboxylic acids is 1. The minimum Gasteiger partial charge on any atom is -0.493 e. The summed E-state index contributed by atoms with van der Waals surface area (Å²) in [6.07, 6.45) is 3.17. The molecule has 0 saturated carbocycles. The van der Waals surface area contributed by atoms with Gasteiger partial charge in [-0.15, -0.1) is 0 Å². The lowest BCUT2D eigenvalue weighted by Crippen LogP contribution is -2.26. The predicted octanol–water partition coefficient (Wildman–Crippen LogP) is 4.29. The number of hydrogen-bond donors (Lipinski definition) is 3. The lowest BCUT2D eigenvalue weighted by atomic mass is 9.94. The van der Waals surface area contributed by atoms with E-state index in [1.165, 1.54) is 5.56 Å². The molecule has 1 amide bonds. The van der Waals surface area contributed by atoms with Crippen LogP contribution in [0.15, 0.2) is 79.0 Å². The first kappa shape index (κ1) is 22.7. The van der Waals surface area contributed by atoms with Crippen molar-refractivity contribution in [2.75, 3.05) is 18.9 Å². The summed E-state index contributed by atoms with van der Waals surface area (Å²) in [4.78, 5) is 29.3. The van der Waals surface area contributed by atoms with E-state index in [9.17, 15) is 4.79 Å². The number of ether oxygens (including phenoxy) is 1. The molecule has 3 heterocycles. The van der Waals surface area contributed by atoms with Gasteiger partial charge in [0.25, 0.3) is 5.91 Å². The summed E-state index contributed by atoms with van der Waals surface area (Å²) < 4.78 is 6.04. The first-order valence-corrected chi connectivity index (χ1v) is 12.3. The number of aromatic nitrogens is 4. The third kappa shape index (κ3) is 4.86. The molecule has 5 aromatic rings. The number of rotatable bonds is 6. The van der Waals surface area contributed by atoms with Gasteiger partial charge in [-0.3, -0.25) is 4.79 Å². The Labute approximate surface area is 214 Å². The van der Waals surface area contributed by atoms with E-state index in [1.807, 2.05) is 60.7 Å². The fourth-order valence-corrected chi connectivity index (χ4v) is 4.70. The van der Waals surface area contributed by atoms with Crippen molar-refractivity contribution in [3.8, 4) is 17.0 Å². The highest BCUT2D eigenvalue weighted by atomic mass is 16.5. The highest BCUT2D eigenvalue weighted by Crippen LogP contribution is 2.33. The number of carbonyl (C=O) groups is 1. The predicted molar refractivity (Wildman–Crippen MR) is 142 cm³/mol. The van der Waals surface area contributed by atoms with Crippen molar-refractivity contribution >= 4 is 22.9 Å². The van der Waals surface area contributed by atoms with Gasteiger partial charge in [0.15, 0.2) is 0 Å². The molecule has 0 radical (unpaired) electrons. The first-order chi connectivity index (χ1) is 18.1. The third-order valence-electron chi connectivity index (χ3n) is 6.63. The molecule has 4 N–H and O–H groups in total. The Bertz CT molecular complexity index is 1580. The van der Waals surface area contributed by atoms with E-state index in [0.717, 1.165) is 52.3 Å². The zero-order chi connectivity index (χ0) is 25.2. The number of H-pyrrole nitrogens is 1. The zero-order valence-corrected chi connectivity index (χ0v) is 20.1. The number of nitrogens with one attached hydrogen (secondary N) is 2. The summed E-state index contributed by atoms with van der Waals surface area (Å²) in [6.45, 7) is 1.10. The Morgan fingerprint density at radius 3 is 2.81 bits per heavy atom. The van der Waals surface area contributed by atoms with E-state index in [-0.39, 0.29) is 17.8 Å². The normalized spacial score (nSPS) is 14.6. The maximum absolute atomic E-state index is 12.8. The molecular formula is C29H26N6O2. The van der Waals surface area contributed by atoms with E-state index in [2.05, 4.69) is 32.4 Å². The number of nitrogens with zero attached hydrogens (tertiary/aromatic N) is 3. The van der Waals surface area contributed by atoms with E-state index >= 15 is 0 Å². The lowest BCUT2D eigenvalue weighted by Gasteiger charge is -2.24. The first-order valence-electron chi connectivity index (χ1n) is 12.3. The molecule has 1 unspecified atom stereocenters. The van der Waals surface area contributed by atoms with Crippen molar-refractivity contribution in [3.05, 3.63) is 102 Å². The summed E-state index contributed by atoms with van der Waals surface area (Å²) >= 11 is 0. The summed E-state index contributed by atoms with van der Waals surface area (Å²) in [5, 5.41) is 3.02. The Hall–Kier alpha value is -4.72. The number of hydrogen-bond acceptors (Lipinski definition) is 6. The van der Waals surface area contributed by atoms with Crippen LogP contribution in [0.1, 0.15) is 33.2 Å². The molecule has 1 aliphatic heterocycles. The Morgan fingerprint density at radius 2 is 1.95 bits per heavy atom. The number of nitrogen functional groups attached to an aromatic ring is 1. The standard InChI is InChI=1S/C29H26N6O2/c30-29-32-13-11-23(35-29)19-6-8-24-25(16-19)34-27(33-24)22-15-21-14-20(7-9-26(21)37-17-22)28(36)31-12-10-18-4-2-1-3-5-18/h1-9,11,13-14,16,22H,10,12,15,17H2,(H,31,36)(H,33,34)(H2,30,32,35). The number of anilines is 1. The topological polar surface area (TPSA) is 119 Å². The molecule has 1 atom stereocenters. The van der Waals surface area contributed by atoms with Crippen LogP contribution in [0.4, 0.5) is 5.95 Å². The summed E-state index contributed by atoms with van der Waals surface area (Å²) in [6, 6.07) is 23.6. The average molecular weight is 491 g/mol. The second-order valence-electron chi connectivity index (χ2n) is 9.18. The minimum absolute atomic E-state index is 0.0504. The Balaban J connectivity index is 1.16. The van der Waals surface area contributed by atoms with Crippen molar-refractivity contribution in [1.29, 1.82) is 0 Å². The molecule has 2 aromatic heterocycles. The van der Waals surface area contributed by atoms with Crippen LogP contribution in [0.5, 0.6) is 5.75 Å². The van der Waals surface area contributed by atoms with E-state index < -0.39 is 0 Å². The zero-order valence-electron chi connectivity index (χ0n) is 20.1. The van der Waals surface area contributed by atoms with Gasteiger partial charge in [0.1, 0.15) is 11.6 Å². The maximum Gasteiger partial charge on any atom is 0.251 e. The molecule has 6 rings (SSSR count). The van der Waals surface area contributed by atoms with E-state index in [0.29, 0.717) is 18.7 Å². The number of benzene rings is 3. The lowest BCUT2D eigenvalue weighted by molar-refractivity contribution is 0.0954. The summed E-state index contributed by atoms with van der Waals surface area (Å²) in [7, 11) is 0. The molecule has 0 bridgehead atoms. The van der Waals surface area contributed by atoms with Crippen LogP contribution in [0.3, 0.4) is 0 Å². The third-order valence-corrected chi connectivity index (χ3v) is 6.63. The molecule has 0 aliphatic carbocycles. The number of nitrogens with two attached hydrogens (primary N) is 1. The number of imidazole rings is 1. The molecule has 184 valence electrons. The molecule has 0 saturated heterocycles. The molecule has 3 aromatic carbocycles. The highest BCUT2D eigenvalue weighted by Gasteiger charge is 2.25. The maximum atomic E-state index is 12.8. The molecule has 37 heavy (non-hydrogen) atoms. The second-order valence-corrected chi connectivity index (χ2v) is 9.18. The number of fused-ring (bicyclic) bond motifs is 2. The largest absolute Gasteiger partial charge is 0.493 e. The van der Waals surface area contributed by atoms with Crippen molar-refractivity contribution in [1.82, 2.24) is 25.3 Å². The van der Waals surface area contributed by atoms with Crippen LogP contribution in [0.25, 0.3) is 22.3 Å². The van der Waals surface area contributed by atoms with Gasteiger partial charge >= 0.3 is 0 Å². The van der Waals surface area contributed by atoms with Gasteiger partial charge in [0.05, 0.1) is 29.3 Å². The fourth-order valence-electron chi connectivity index (χ4n) is 4.70. The average Bonchev–Trinajstić information content (AvgIpc) is 3.36. The van der Waals surface area contributed by atoms with Crippen LogP contribution in [-0.4, -0.2) is 39.0 Å². The minimum atomic E-state index is -0.0810. The second kappa shape index (κ2) is 9.73. The van der Waals surface area contributed by atoms with E-state index in [4.69, 9.17) is 15.5 Å². The highest BCUT2D eigenvalue weighted by molar-refractivity contribution is 5.94. The fraction of sp³-hybridized carbons (Fsp3) is 0.172. The quantitative estimate of drug-likeness (QED) is 0.327. The molecule has 8 nitrogen and oxygen atoms in total. The van der Waals surface area contributed by atoms with Gasteiger partial charge in [0.2, 0.25) is 5.95 Å². The van der Waals surface area contributed by atoms with Gasteiger partial charge in [-0.1, -0.05) is 36.4 Å². The van der Waals surface area contributed by atoms with Gasteiger partial charge < -0.3 is 20.8 Å². The molecule has 8 heteroatoms. The van der Waals surface area contributed by atoms with Crippen molar-refractivity contribution in [2.45, 2.75) is 18.8 Å². The number of aromatic amines is 1. The number of amides is 1. The van der Waals surface area contributed by atoms with Crippen LogP contribution in [-0.2, 0) is 12.8 Å². The van der Waals surface area contributed by atoms with Gasteiger partial charge in [-0.05, 0) is 60.4 Å². The molecule has 1 aliphatic rings. The van der Waals surface area contributed by atoms with Crippen LogP contribution in [0, 0.1) is 0 Å². The van der Waals surface area contributed by atoms with Crippen LogP contribution < -0.4 is 15.8 Å². The van der Waals surface area contributed by atoms with Crippen LogP contribution >= 0.6 is 0 Å². The van der Waals surface area contributed by atoms with Gasteiger partial charge in [-0.25, -0.2) is 15.0 Å². The van der Waals surface area contributed by atoms with Gasteiger partial charge in [-0.2, -0.15) is 0 Å². The Kier molecular flexibility index (Phi) is 5.98. The SMILES string of the molecule is Nc1nccc(-c2ccc3nc(C4COc5ccc(C(=O)NCCc6ccccc6)cc5C4)[nH]c3c2)n1. The van der Waals surface area contributed by atoms with Crippen molar-refractivity contribution in [3.63, 3.8) is 0 Å².